The standard InChI is InChI=1S/C26H25F3N6/c1-33-15-22(26(27,28)29)31-25(33)17-7-9-18(10-8-17)35-13-11-21-20(14-35)24(32-34(21)2)19-4-3-12-30-23(19)16-5-6-16/h3-4,7-10,12,15-16H,5-6,11,13-14H2,1-2H3. The predicted octanol–water partition coefficient (Wildman–Crippen LogP) is 5.34. The Morgan fingerprint density at radius 1 is 1.03 bits per heavy atom. The number of hydrogen-bond donors (Lipinski definition) is 0. The largest absolute Gasteiger partial charge is 0.434 e. The van der Waals surface area contributed by atoms with Crippen LogP contribution in [-0.4, -0.2) is 30.9 Å². The minimum atomic E-state index is -4.46. The average molecular weight is 479 g/mol. The molecule has 3 aromatic heterocycles. The monoisotopic (exact) mass is 478 g/mol. The van der Waals surface area contributed by atoms with E-state index in [2.05, 4.69) is 20.9 Å². The van der Waals surface area contributed by atoms with Gasteiger partial charge in [-0.2, -0.15) is 18.3 Å². The second kappa shape index (κ2) is 7.96. The van der Waals surface area contributed by atoms with Crippen molar-refractivity contribution in [1.29, 1.82) is 0 Å². The zero-order valence-corrected chi connectivity index (χ0v) is 19.5. The molecular formula is C26H25F3N6. The fraction of sp³-hybridized carbons (Fsp3) is 0.346. The second-order valence-corrected chi connectivity index (χ2v) is 9.38. The highest BCUT2D eigenvalue weighted by Crippen LogP contribution is 2.44. The third-order valence-corrected chi connectivity index (χ3v) is 6.96. The van der Waals surface area contributed by atoms with E-state index in [1.54, 1.807) is 7.05 Å². The molecule has 4 heterocycles. The van der Waals surface area contributed by atoms with Gasteiger partial charge in [0.25, 0.3) is 0 Å². The van der Waals surface area contributed by atoms with E-state index in [0.717, 1.165) is 48.3 Å². The normalized spacial score (nSPS) is 16.0. The molecule has 0 atom stereocenters. The average Bonchev–Trinajstić information content (AvgIpc) is 3.54. The maximum absolute atomic E-state index is 13.1. The van der Waals surface area contributed by atoms with Crippen LogP contribution in [0.25, 0.3) is 22.6 Å². The summed E-state index contributed by atoms with van der Waals surface area (Å²) in [6.45, 7) is 1.56. The number of anilines is 1. The Hall–Kier alpha value is -3.62. The SMILES string of the molecule is Cn1cc(C(F)(F)F)nc1-c1ccc(N2CCc3c(c(-c4cccnc4C4CC4)nn3C)C2)cc1. The number of halogens is 3. The van der Waals surface area contributed by atoms with E-state index >= 15 is 0 Å². The number of fused-ring (bicyclic) bond motifs is 1. The Bertz CT molecular complexity index is 1400. The molecular weight excluding hydrogens is 453 g/mol. The summed E-state index contributed by atoms with van der Waals surface area (Å²) in [4.78, 5) is 10.8. The predicted molar refractivity (Wildman–Crippen MR) is 127 cm³/mol. The van der Waals surface area contributed by atoms with Crippen LogP contribution < -0.4 is 4.90 Å². The number of pyridine rings is 1. The Kier molecular flexibility index (Phi) is 4.98. The smallest absolute Gasteiger partial charge is 0.367 e. The van der Waals surface area contributed by atoms with Gasteiger partial charge in [-0.3, -0.25) is 9.67 Å². The van der Waals surface area contributed by atoms with E-state index in [4.69, 9.17) is 5.10 Å². The molecule has 0 N–H and O–H groups in total. The fourth-order valence-electron chi connectivity index (χ4n) is 5.02. The van der Waals surface area contributed by atoms with Crippen molar-refractivity contribution in [3.05, 3.63) is 71.4 Å². The fourth-order valence-corrected chi connectivity index (χ4v) is 5.02. The molecule has 0 radical (unpaired) electrons. The lowest BCUT2D eigenvalue weighted by Crippen LogP contribution is -2.30. The first kappa shape index (κ1) is 21.9. The quantitative estimate of drug-likeness (QED) is 0.397. The van der Waals surface area contributed by atoms with Crippen molar-refractivity contribution in [3.8, 4) is 22.6 Å². The van der Waals surface area contributed by atoms with Crippen LogP contribution in [-0.2, 0) is 33.2 Å². The van der Waals surface area contributed by atoms with E-state index in [0.29, 0.717) is 17.3 Å². The zero-order chi connectivity index (χ0) is 24.3. The summed E-state index contributed by atoms with van der Waals surface area (Å²) in [6, 6.07) is 11.7. The lowest BCUT2D eigenvalue weighted by atomic mass is 9.98. The molecule has 1 aliphatic heterocycles. The van der Waals surface area contributed by atoms with Gasteiger partial charge < -0.3 is 9.47 Å². The highest BCUT2D eigenvalue weighted by Gasteiger charge is 2.35. The molecule has 1 fully saturated rings. The van der Waals surface area contributed by atoms with E-state index < -0.39 is 11.9 Å². The van der Waals surface area contributed by atoms with Gasteiger partial charge >= 0.3 is 6.18 Å². The van der Waals surface area contributed by atoms with Crippen molar-refractivity contribution in [1.82, 2.24) is 24.3 Å². The van der Waals surface area contributed by atoms with Gasteiger partial charge in [0, 0.05) is 80.0 Å². The number of nitrogens with zero attached hydrogens (tertiary/aromatic N) is 6. The maximum Gasteiger partial charge on any atom is 0.434 e. The number of aromatic nitrogens is 5. The van der Waals surface area contributed by atoms with Gasteiger partial charge in [0.15, 0.2) is 5.69 Å². The molecule has 35 heavy (non-hydrogen) atoms. The summed E-state index contributed by atoms with van der Waals surface area (Å²) in [6.07, 6.45) is 1.65. The molecule has 0 amide bonds. The molecule has 4 aromatic rings. The van der Waals surface area contributed by atoms with Crippen LogP contribution in [0.3, 0.4) is 0 Å². The molecule has 1 aromatic carbocycles. The molecule has 1 saturated carbocycles. The van der Waals surface area contributed by atoms with Crippen LogP contribution >= 0.6 is 0 Å². The van der Waals surface area contributed by atoms with E-state index in [-0.39, 0.29) is 0 Å². The molecule has 9 heteroatoms. The third-order valence-electron chi connectivity index (χ3n) is 6.96. The molecule has 1 aliphatic carbocycles. The van der Waals surface area contributed by atoms with Crippen LogP contribution in [0, 0.1) is 0 Å². The summed E-state index contributed by atoms with van der Waals surface area (Å²) < 4.78 is 42.6. The van der Waals surface area contributed by atoms with E-state index in [1.165, 1.54) is 28.7 Å². The van der Waals surface area contributed by atoms with Gasteiger partial charge in [-0.05, 0) is 49.2 Å². The highest BCUT2D eigenvalue weighted by atomic mass is 19.4. The number of alkyl halides is 3. The second-order valence-electron chi connectivity index (χ2n) is 9.38. The molecule has 180 valence electrons. The lowest BCUT2D eigenvalue weighted by Gasteiger charge is -2.30. The summed E-state index contributed by atoms with van der Waals surface area (Å²) >= 11 is 0. The molecule has 2 aliphatic rings. The van der Waals surface area contributed by atoms with Gasteiger partial charge in [0.05, 0.1) is 11.4 Å². The number of aryl methyl sites for hydroxylation is 2. The summed E-state index contributed by atoms with van der Waals surface area (Å²) in [5, 5.41) is 4.89. The van der Waals surface area contributed by atoms with Crippen LogP contribution in [0.2, 0.25) is 0 Å². The summed E-state index contributed by atoms with van der Waals surface area (Å²) in [7, 11) is 3.58. The van der Waals surface area contributed by atoms with E-state index in [1.807, 2.05) is 48.3 Å². The number of imidazole rings is 1. The van der Waals surface area contributed by atoms with Gasteiger partial charge in [0.1, 0.15) is 5.82 Å². The molecule has 0 spiro atoms. The number of rotatable bonds is 4. The van der Waals surface area contributed by atoms with Crippen molar-refractivity contribution in [3.63, 3.8) is 0 Å². The van der Waals surface area contributed by atoms with Crippen LogP contribution in [0.5, 0.6) is 0 Å². The molecule has 0 unspecified atom stereocenters. The highest BCUT2D eigenvalue weighted by molar-refractivity contribution is 5.69. The van der Waals surface area contributed by atoms with E-state index in [9.17, 15) is 13.2 Å². The Morgan fingerprint density at radius 2 is 1.80 bits per heavy atom. The van der Waals surface area contributed by atoms with Crippen molar-refractivity contribution in [2.24, 2.45) is 14.1 Å². The van der Waals surface area contributed by atoms with Crippen LogP contribution in [0.1, 0.15) is 41.4 Å². The molecule has 6 nitrogen and oxygen atoms in total. The maximum atomic E-state index is 13.1. The Labute approximate surface area is 201 Å². The van der Waals surface area contributed by atoms with Crippen molar-refractivity contribution in [2.45, 2.75) is 37.9 Å². The van der Waals surface area contributed by atoms with Crippen molar-refractivity contribution in [2.75, 3.05) is 11.4 Å². The topological polar surface area (TPSA) is 51.8 Å². The number of benzene rings is 1. The Morgan fingerprint density at radius 3 is 2.49 bits per heavy atom. The first-order valence-corrected chi connectivity index (χ1v) is 11.8. The minimum Gasteiger partial charge on any atom is -0.367 e. The van der Waals surface area contributed by atoms with Crippen LogP contribution in [0.4, 0.5) is 18.9 Å². The first-order chi connectivity index (χ1) is 16.8. The lowest BCUT2D eigenvalue weighted by molar-refractivity contribution is -0.140. The van der Waals surface area contributed by atoms with Gasteiger partial charge in [-0.25, -0.2) is 4.98 Å². The third kappa shape index (κ3) is 3.88. The van der Waals surface area contributed by atoms with Crippen molar-refractivity contribution < 1.29 is 13.2 Å². The summed E-state index contributed by atoms with van der Waals surface area (Å²) in [5.41, 5.74) is 6.52. The van der Waals surface area contributed by atoms with Crippen molar-refractivity contribution >= 4 is 5.69 Å². The van der Waals surface area contributed by atoms with Gasteiger partial charge in [0.2, 0.25) is 0 Å². The summed E-state index contributed by atoms with van der Waals surface area (Å²) in [5.74, 6) is 0.823. The minimum absolute atomic E-state index is 0.295. The number of hydrogen-bond acceptors (Lipinski definition) is 4. The van der Waals surface area contributed by atoms with Gasteiger partial charge in [-0.15, -0.1) is 0 Å². The zero-order valence-electron chi connectivity index (χ0n) is 19.5. The molecule has 0 bridgehead atoms. The molecule has 6 rings (SSSR count). The van der Waals surface area contributed by atoms with Crippen LogP contribution in [0.15, 0.2) is 48.8 Å². The first-order valence-electron chi connectivity index (χ1n) is 11.8. The molecule has 0 saturated heterocycles. The Balaban J connectivity index is 1.29. The van der Waals surface area contributed by atoms with Gasteiger partial charge in [-0.1, -0.05) is 0 Å².